The SMILES string of the molecule is Cc1ccc(C(=O)Nc2cc(C(C)(C)C)ccc2[S@@+](C)[O-])cc1-n1cnc(C(=O)NCC(C)(C)C)c1. The second-order valence-corrected chi connectivity index (χ2v) is 12.6. The first kappa shape index (κ1) is 27.5. The number of nitrogens with one attached hydrogen (secondary N) is 2. The maximum absolute atomic E-state index is 13.2. The molecule has 0 unspecified atom stereocenters. The molecule has 2 N–H and O–H groups in total. The highest BCUT2D eigenvalue weighted by Crippen LogP contribution is 2.30. The molecule has 1 heterocycles. The lowest BCUT2D eigenvalue weighted by Gasteiger charge is -2.21. The fourth-order valence-corrected chi connectivity index (χ4v) is 4.26. The molecule has 0 bridgehead atoms. The van der Waals surface area contributed by atoms with Gasteiger partial charge in [-0.05, 0) is 64.3 Å². The zero-order chi connectivity index (χ0) is 26.8. The van der Waals surface area contributed by atoms with E-state index in [2.05, 4.69) is 36.4 Å². The minimum atomic E-state index is -1.26. The van der Waals surface area contributed by atoms with E-state index >= 15 is 0 Å². The van der Waals surface area contributed by atoms with Crippen molar-refractivity contribution < 1.29 is 14.1 Å². The van der Waals surface area contributed by atoms with Crippen LogP contribution in [-0.2, 0) is 16.6 Å². The summed E-state index contributed by atoms with van der Waals surface area (Å²) in [6.45, 7) is 14.9. The Hall–Kier alpha value is -3.10. The normalized spacial score (nSPS) is 12.8. The first-order valence-electron chi connectivity index (χ1n) is 11.9. The van der Waals surface area contributed by atoms with E-state index in [9.17, 15) is 14.1 Å². The predicted octanol–water partition coefficient (Wildman–Crippen LogP) is 5.24. The first-order valence-corrected chi connectivity index (χ1v) is 13.4. The Labute approximate surface area is 216 Å². The number of aryl methyl sites for hydroxylation is 1. The number of hydrogen-bond donors (Lipinski definition) is 2. The van der Waals surface area contributed by atoms with Crippen molar-refractivity contribution in [3.8, 4) is 5.69 Å². The van der Waals surface area contributed by atoms with E-state index < -0.39 is 11.2 Å². The molecular formula is C28H36N4O3S. The molecule has 36 heavy (non-hydrogen) atoms. The second-order valence-electron chi connectivity index (χ2n) is 11.3. The number of imidazole rings is 1. The third kappa shape index (κ3) is 6.77. The van der Waals surface area contributed by atoms with Crippen LogP contribution < -0.4 is 10.6 Å². The number of anilines is 1. The summed E-state index contributed by atoms with van der Waals surface area (Å²) in [5.74, 6) is -0.550. The van der Waals surface area contributed by atoms with Crippen molar-refractivity contribution in [3.05, 3.63) is 71.3 Å². The van der Waals surface area contributed by atoms with Gasteiger partial charge in [0.15, 0.2) is 4.90 Å². The summed E-state index contributed by atoms with van der Waals surface area (Å²) in [4.78, 5) is 30.6. The van der Waals surface area contributed by atoms with Gasteiger partial charge in [-0.2, -0.15) is 0 Å². The highest BCUT2D eigenvalue weighted by atomic mass is 32.2. The van der Waals surface area contributed by atoms with Crippen molar-refractivity contribution in [1.82, 2.24) is 14.9 Å². The summed E-state index contributed by atoms with van der Waals surface area (Å²) in [5.41, 5.74) is 3.83. The number of carbonyl (C=O) groups is 2. The van der Waals surface area contributed by atoms with Crippen LogP contribution in [0, 0.1) is 12.3 Å². The smallest absolute Gasteiger partial charge is 0.271 e. The van der Waals surface area contributed by atoms with Gasteiger partial charge in [0.05, 0.1) is 11.4 Å². The summed E-state index contributed by atoms with van der Waals surface area (Å²) in [6.07, 6.45) is 4.83. The minimum absolute atomic E-state index is 0.0346. The Morgan fingerprint density at radius 2 is 1.72 bits per heavy atom. The molecular weight excluding hydrogens is 472 g/mol. The number of rotatable bonds is 6. The Bertz CT molecular complexity index is 1270. The fraction of sp³-hybridized carbons (Fsp3) is 0.393. The van der Waals surface area contributed by atoms with E-state index in [4.69, 9.17) is 0 Å². The Balaban J connectivity index is 1.87. The molecule has 0 fully saturated rings. The average molecular weight is 509 g/mol. The number of aromatic nitrogens is 2. The molecule has 192 valence electrons. The molecule has 0 aliphatic heterocycles. The lowest BCUT2D eigenvalue weighted by atomic mass is 9.87. The molecule has 0 radical (unpaired) electrons. The molecule has 3 aromatic rings. The second kappa shape index (κ2) is 10.5. The van der Waals surface area contributed by atoms with Crippen molar-refractivity contribution in [2.24, 2.45) is 5.41 Å². The summed E-state index contributed by atoms with van der Waals surface area (Å²) in [5, 5.41) is 5.85. The molecule has 8 heteroatoms. The summed E-state index contributed by atoms with van der Waals surface area (Å²) < 4.78 is 14.0. The predicted molar refractivity (Wildman–Crippen MR) is 146 cm³/mol. The van der Waals surface area contributed by atoms with Gasteiger partial charge >= 0.3 is 0 Å². The van der Waals surface area contributed by atoms with Gasteiger partial charge < -0.3 is 19.8 Å². The van der Waals surface area contributed by atoms with E-state index in [0.29, 0.717) is 28.4 Å². The van der Waals surface area contributed by atoms with Crippen molar-refractivity contribution in [2.75, 3.05) is 18.1 Å². The van der Waals surface area contributed by atoms with Gasteiger partial charge in [-0.25, -0.2) is 4.98 Å². The van der Waals surface area contributed by atoms with E-state index in [1.165, 1.54) is 0 Å². The minimum Gasteiger partial charge on any atom is -0.612 e. The van der Waals surface area contributed by atoms with Crippen LogP contribution in [0.5, 0.6) is 0 Å². The largest absolute Gasteiger partial charge is 0.612 e. The summed E-state index contributed by atoms with van der Waals surface area (Å²) in [6, 6.07) is 11.0. The van der Waals surface area contributed by atoms with Gasteiger partial charge in [0, 0.05) is 18.3 Å². The third-order valence-electron chi connectivity index (χ3n) is 5.75. The van der Waals surface area contributed by atoms with E-state index in [0.717, 1.165) is 16.8 Å². The van der Waals surface area contributed by atoms with Crippen LogP contribution in [0.4, 0.5) is 5.69 Å². The van der Waals surface area contributed by atoms with Crippen LogP contribution in [0.1, 0.15) is 73.5 Å². The number of benzene rings is 2. The molecule has 0 saturated carbocycles. The lowest BCUT2D eigenvalue weighted by Crippen LogP contribution is -2.32. The van der Waals surface area contributed by atoms with Crippen LogP contribution in [-0.4, -0.2) is 38.7 Å². The van der Waals surface area contributed by atoms with E-state index in [-0.39, 0.29) is 22.6 Å². The molecule has 0 spiro atoms. The zero-order valence-corrected chi connectivity index (χ0v) is 23.2. The van der Waals surface area contributed by atoms with E-state index in [1.807, 2.05) is 52.0 Å². The van der Waals surface area contributed by atoms with Crippen LogP contribution >= 0.6 is 0 Å². The topological polar surface area (TPSA) is 99.1 Å². The van der Waals surface area contributed by atoms with Gasteiger partial charge in [0.2, 0.25) is 0 Å². The maximum atomic E-state index is 13.2. The lowest BCUT2D eigenvalue weighted by molar-refractivity contribution is 0.0934. The number of amides is 2. The summed E-state index contributed by atoms with van der Waals surface area (Å²) >= 11 is -1.26. The Morgan fingerprint density at radius 1 is 1.03 bits per heavy atom. The Morgan fingerprint density at radius 3 is 2.33 bits per heavy atom. The van der Waals surface area contributed by atoms with Gasteiger partial charge in [-0.3, -0.25) is 9.59 Å². The quantitative estimate of drug-likeness (QED) is 0.445. The van der Waals surface area contributed by atoms with Crippen molar-refractivity contribution >= 4 is 28.7 Å². The molecule has 2 aromatic carbocycles. The van der Waals surface area contributed by atoms with Gasteiger partial charge in [0.25, 0.3) is 11.8 Å². The Kier molecular flexibility index (Phi) is 8.00. The molecule has 0 aliphatic rings. The van der Waals surface area contributed by atoms with Gasteiger partial charge in [-0.1, -0.05) is 53.7 Å². The summed E-state index contributed by atoms with van der Waals surface area (Å²) in [7, 11) is 0. The molecule has 1 aromatic heterocycles. The maximum Gasteiger partial charge on any atom is 0.271 e. The number of hydrogen-bond acceptors (Lipinski definition) is 4. The fourth-order valence-electron chi connectivity index (χ4n) is 3.58. The first-order chi connectivity index (χ1) is 16.7. The molecule has 2 amide bonds. The number of nitrogens with zero attached hydrogens (tertiary/aromatic N) is 2. The van der Waals surface area contributed by atoms with Crippen LogP contribution in [0.25, 0.3) is 5.69 Å². The average Bonchev–Trinajstić information content (AvgIpc) is 3.26. The van der Waals surface area contributed by atoms with E-state index in [1.54, 1.807) is 35.5 Å². The number of carbonyl (C=O) groups excluding carboxylic acids is 2. The van der Waals surface area contributed by atoms with Crippen LogP contribution in [0.15, 0.2) is 53.8 Å². The molecule has 0 saturated heterocycles. The highest BCUT2D eigenvalue weighted by Gasteiger charge is 2.21. The van der Waals surface area contributed by atoms with Crippen molar-refractivity contribution in [1.29, 1.82) is 0 Å². The van der Waals surface area contributed by atoms with Crippen LogP contribution in [0.3, 0.4) is 0 Å². The zero-order valence-electron chi connectivity index (χ0n) is 22.4. The van der Waals surface area contributed by atoms with Gasteiger partial charge in [-0.15, -0.1) is 0 Å². The van der Waals surface area contributed by atoms with Crippen LogP contribution in [0.2, 0.25) is 0 Å². The molecule has 1 atom stereocenters. The molecule has 0 aliphatic carbocycles. The molecule has 7 nitrogen and oxygen atoms in total. The standard InChI is InChI=1S/C28H36N4O3S/c1-18-9-10-19(13-23(18)32-15-22(30-17-32)26(34)29-16-27(2,3)4)25(33)31-21-14-20(28(5,6)7)11-12-24(21)36(8)35/h9-15,17H,16H2,1-8H3,(H,29,34)(H,31,33)/t36-/m1/s1. The monoisotopic (exact) mass is 508 g/mol. The molecule has 3 rings (SSSR count). The van der Waals surface area contributed by atoms with Crippen molar-refractivity contribution in [3.63, 3.8) is 0 Å². The third-order valence-corrected chi connectivity index (χ3v) is 6.72. The highest BCUT2D eigenvalue weighted by molar-refractivity contribution is 7.90. The van der Waals surface area contributed by atoms with Gasteiger partial charge in [0.1, 0.15) is 18.3 Å². The van der Waals surface area contributed by atoms with Crippen molar-refractivity contribution in [2.45, 2.75) is 58.8 Å².